The molecular weight excluding hydrogens is 314 g/mol. The van der Waals surface area contributed by atoms with E-state index in [0.717, 1.165) is 19.6 Å². The van der Waals surface area contributed by atoms with E-state index in [4.69, 9.17) is 0 Å². The van der Waals surface area contributed by atoms with Gasteiger partial charge in [0.05, 0.1) is 18.1 Å². The van der Waals surface area contributed by atoms with E-state index in [0.29, 0.717) is 0 Å². The summed E-state index contributed by atoms with van der Waals surface area (Å²) < 4.78 is 5.00. The van der Waals surface area contributed by atoms with Crippen LogP contribution in [-0.2, 0) is 13.1 Å². The Bertz CT molecular complexity index is 783. The van der Waals surface area contributed by atoms with Gasteiger partial charge < -0.3 is 4.90 Å². The van der Waals surface area contributed by atoms with Crippen molar-refractivity contribution in [1.29, 1.82) is 0 Å². The van der Waals surface area contributed by atoms with E-state index in [1.165, 1.54) is 52.6 Å². The lowest BCUT2D eigenvalue weighted by molar-refractivity contribution is -0.678. The zero-order chi connectivity index (χ0) is 16.5. The van der Waals surface area contributed by atoms with Crippen LogP contribution < -0.4 is 4.57 Å². The molecule has 0 atom stereocenters. The minimum atomic E-state index is 1.02. The summed E-state index contributed by atoms with van der Waals surface area (Å²) in [7, 11) is 0. The largest absolute Gasteiger partial charge is 0.366 e. The topological polar surface area (TPSA) is 12.1 Å². The summed E-state index contributed by atoms with van der Waals surface area (Å²) >= 11 is 1.99. The summed E-state index contributed by atoms with van der Waals surface area (Å²) in [4.78, 5) is 2.48. The predicted molar refractivity (Wildman–Crippen MR) is 103 cm³/mol. The van der Waals surface area contributed by atoms with Gasteiger partial charge in [-0.3, -0.25) is 0 Å². The minimum absolute atomic E-state index is 1.02. The Morgan fingerprint density at radius 1 is 1.17 bits per heavy atom. The molecule has 24 heavy (non-hydrogen) atoms. The fourth-order valence-electron chi connectivity index (χ4n) is 3.99. The Kier molecular flexibility index (Phi) is 4.40. The Morgan fingerprint density at radius 2 is 2.04 bits per heavy atom. The normalized spacial score (nSPS) is 21.2. The van der Waals surface area contributed by atoms with Crippen LogP contribution in [0.15, 0.2) is 41.4 Å². The number of imidazole rings is 1. The number of allylic oxidation sites excluding steroid dienone is 3. The highest BCUT2D eigenvalue weighted by atomic mass is 32.2. The van der Waals surface area contributed by atoms with E-state index >= 15 is 0 Å². The van der Waals surface area contributed by atoms with Crippen LogP contribution in [0.1, 0.15) is 32.5 Å². The van der Waals surface area contributed by atoms with Gasteiger partial charge in [-0.25, -0.2) is 9.13 Å². The van der Waals surface area contributed by atoms with Crippen molar-refractivity contribution in [2.75, 3.05) is 18.8 Å². The maximum absolute atomic E-state index is 2.52. The molecule has 0 N–H and O–H groups in total. The zero-order valence-electron chi connectivity index (χ0n) is 14.7. The van der Waals surface area contributed by atoms with Crippen molar-refractivity contribution in [3.63, 3.8) is 0 Å². The van der Waals surface area contributed by atoms with Crippen LogP contribution in [0.4, 0.5) is 0 Å². The fourth-order valence-corrected chi connectivity index (χ4v) is 5.07. The molecule has 0 spiro atoms. The van der Waals surface area contributed by atoms with Gasteiger partial charge in [0.1, 0.15) is 0 Å². The van der Waals surface area contributed by atoms with E-state index in [2.05, 4.69) is 64.3 Å². The molecule has 2 aliphatic heterocycles. The van der Waals surface area contributed by atoms with Gasteiger partial charge in [0.25, 0.3) is 5.82 Å². The molecule has 0 saturated carbocycles. The molecule has 3 heterocycles. The Hall–Kier alpha value is -1.68. The standard InChI is InChI=1S/C20H26N3S/c1-3-21-14-15-24-19(21)12-11-16-8-7-13-23-18-10-6-5-9-17(18)22(4-2)20(16)23/h5-6,9-12H,3-4,7-8,13-15H2,1-2H3/q+1. The fraction of sp³-hybridized carbons (Fsp3) is 0.450. The average Bonchev–Trinajstić information content (AvgIpc) is 3.22. The van der Waals surface area contributed by atoms with Gasteiger partial charge in [-0.1, -0.05) is 12.1 Å². The number of aromatic nitrogens is 2. The van der Waals surface area contributed by atoms with E-state index in [1.807, 2.05) is 11.8 Å². The van der Waals surface area contributed by atoms with Crippen molar-refractivity contribution in [2.45, 2.75) is 39.8 Å². The van der Waals surface area contributed by atoms with Gasteiger partial charge in [0.15, 0.2) is 11.0 Å². The second kappa shape index (κ2) is 6.67. The molecule has 4 rings (SSSR count). The minimum Gasteiger partial charge on any atom is -0.366 e. The third kappa shape index (κ3) is 2.57. The van der Waals surface area contributed by atoms with Crippen LogP contribution in [0, 0.1) is 0 Å². The van der Waals surface area contributed by atoms with Crippen LogP contribution in [0.5, 0.6) is 0 Å². The first-order chi connectivity index (χ1) is 11.8. The zero-order valence-corrected chi connectivity index (χ0v) is 15.5. The number of nitrogens with zero attached hydrogens (tertiary/aromatic N) is 3. The number of benzene rings is 1. The highest BCUT2D eigenvalue weighted by Gasteiger charge is 2.29. The first-order valence-electron chi connectivity index (χ1n) is 9.13. The molecule has 126 valence electrons. The summed E-state index contributed by atoms with van der Waals surface area (Å²) in [5, 5.41) is 1.43. The average molecular weight is 341 g/mol. The maximum atomic E-state index is 2.52. The lowest BCUT2D eigenvalue weighted by atomic mass is 10.1. The second-order valence-electron chi connectivity index (χ2n) is 6.44. The van der Waals surface area contributed by atoms with Gasteiger partial charge in [-0.15, -0.1) is 11.8 Å². The summed E-state index contributed by atoms with van der Waals surface area (Å²) in [6, 6.07) is 8.83. The van der Waals surface area contributed by atoms with E-state index < -0.39 is 0 Å². The Morgan fingerprint density at radius 3 is 2.88 bits per heavy atom. The number of hydrogen-bond donors (Lipinski definition) is 0. The summed E-state index contributed by atoms with van der Waals surface area (Å²) in [5.41, 5.74) is 4.22. The molecular formula is C20H26N3S+. The van der Waals surface area contributed by atoms with Gasteiger partial charge >= 0.3 is 0 Å². The monoisotopic (exact) mass is 340 g/mol. The van der Waals surface area contributed by atoms with E-state index in [1.54, 1.807) is 0 Å². The number of hydrogen-bond acceptors (Lipinski definition) is 2. The van der Waals surface area contributed by atoms with Crippen LogP contribution in [0.3, 0.4) is 0 Å². The quantitative estimate of drug-likeness (QED) is 0.782. The number of aryl methyl sites for hydroxylation is 2. The molecule has 1 aromatic heterocycles. The van der Waals surface area contributed by atoms with Crippen molar-refractivity contribution < 1.29 is 4.57 Å². The third-order valence-corrected chi connectivity index (χ3v) is 6.21. The Balaban J connectivity index is 1.81. The molecule has 0 radical (unpaired) electrons. The number of fused-ring (bicyclic) bond motifs is 3. The van der Waals surface area contributed by atoms with Crippen LogP contribution in [0.25, 0.3) is 16.6 Å². The maximum Gasteiger partial charge on any atom is 0.285 e. The predicted octanol–water partition coefficient (Wildman–Crippen LogP) is 4.04. The molecule has 0 unspecified atom stereocenters. The second-order valence-corrected chi connectivity index (χ2v) is 7.55. The summed E-state index contributed by atoms with van der Waals surface area (Å²) in [6.07, 6.45) is 7.14. The van der Waals surface area contributed by atoms with E-state index in [-0.39, 0.29) is 0 Å². The van der Waals surface area contributed by atoms with Crippen molar-refractivity contribution in [2.24, 2.45) is 0 Å². The van der Waals surface area contributed by atoms with Crippen molar-refractivity contribution in [1.82, 2.24) is 9.47 Å². The highest BCUT2D eigenvalue weighted by Crippen LogP contribution is 2.30. The van der Waals surface area contributed by atoms with Gasteiger partial charge in [0, 0.05) is 24.4 Å². The Labute approximate surface area is 148 Å². The molecule has 0 amide bonds. The van der Waals surface area contributed by atoms with Crippen LogP contribution in [-0.4, -0.2) is 28.3 Å². The molecule has 1 saturated heterocycles. The van der Waals surface area contributed by atoms with Crippen LogP contribution in [0.2, 0.25) is 0 Å². The van der Waals surface area contributed by atoms with Crippen molar-refractivity contribution >= 4 is 28.4 Å². The lowest BCUT2D eigenvalue weighted by Gasteiger charge is -2.16. The van der Waals surface area contributed by atoms with Gasteiger partial charge in [-0.2, -0.15) is 0 Å². The SMILES string of the molecule is CCN1CCSC1=CC=C1CCC[n+]2c1n(CC)c1ccccc12. The molecule has 3 nitrogen and oxygen atoms in total. The van der Waals surface area contributed by atoms with Crippen molar-refractivity contribution in [3.8, 4) is 0 Å². The molecule has 1 aromatic carbocycles. The highest BCUT2D eigenvalue weighted by molar-refractivity contribution is 8.03. The summed E-state index contributed by atoms with van der Waals surface area (Å²) in [6.45, 7) is 8.95. The molecule has 4 heteroatoms. The third-order valence-electron chi connectivity index (χ3n) is 5.14. The lowest BCUT2D eigenvalue weighted by Crippen LogP contribution is -2.40. The number of rotatable bonds is 3. The molecule has 0 bridgehead atoms. The van der Waals surface area contributed by atoms with Crippen molar-refractivity contribution in [3.05, 3.63) is 47.3 Å². The number of para-hydroxylation sites is 2. The first-order valence-corrected chi connectivity index (χ1v) is 10.1. The smallest absolute Gasteiger partial charge is 0.285 e. The molecule has 2 aromatic rings. The summed E-state index contributed by atoms with van der Waals surface area (Å²) in [5.74, 6) is 2.63. The van der Waals surface area contributed by atoms with Gasteiger partial charge in [0.2, 0.25) is 0 Å². The van der Waals surface area contributed by atoms with E-state index in [9.17, 15) is 0 Å². The van der Waals surface area contributed by atoms with Crippen LogP contribution >= 0.6 is 11.8 Å². The molecule has 1 fully saturated rings. The van der Waals surface area contributed by atoms with Gasteiger partial charge in [-0.05, 0) is 51.0 Å². The first kappa shape index (κ1) is 15.8. The molecule has 0 aliphatic carbocycles. The molecule has 2 aliphatic rings. The number of thioether (sulfide) groups is 1.